The van der Waals surface area contributed by atoms with Gasteiger partial charge in [0.2, 0.25) is 0 Å². The quantitative estimate of drug-likeness (QED) is 0.792. The second-order valence-corrected chi connectivity index (χ2v) is 5.22. The number of rotatable bonds is 2. The van der Waals surface area contributed by atoms with Crippen LogP contribution in [0.4, 0.5) is 5.82 Å². The van der Waals surface area contributed by atoms with Crippen LogP contribution >= 0.6 is 0 Å². The van der Waals surface area contributed by atoms with E-state index in [1.165, 1.54) is 22.0 Å². The molecule has 0 saturated heterocycles. The topological polar surface area (TPSA) is 21.1 Å². The lowest BCUT2D eigenvalue weighted by Crippen LogP contribution is -2.10. The summed E-state index contributed by atoms with van der Waals surface area (Å²) in [7, 11) is 6.08. The average Bonchev–Trinajstić information content (AvgIpc) is 2.55. The molecule has 0 bridgehead atoms. The lowest BCUT2D eigenvalue weighted by atomic mass is 9.96. The van der Waals surface area contributed by atoms with Crippen molar-refractivity contribution in [3.05, 3.63) is 23.3 Å². The fourth-order valence-corrected chi connectivity index (χ4v) is 2.36. The third kappa shape index (κ3) is 1.90. The Kier molecular flexibility index (Phi) is 2.86. The normalized spacial score (nSPS) is 11.5. The Morgan fingerprint density at radius 3 is 2.41 bits per heavy atom. The smallest absolute Gasteiger partial charge is 0.158 e. The predicted molar refractivity (Wildman–Crippen MR) is 73.9 cm³/mol. The number of fused-ring (bicyclic) bond motifs is 1. The number of hydrogen-bond acceptors (Lipinski definition) is 2. The van der Waals surface area contributed by atoms with Gasteiger partial charge < -0.3 is 4.90 Å². The molecule has 1 heterocycles. The van der Waals surface area contributed by atoms with Gasteiger partial charge in [-0.15, -0.1) is 0 Å². The minimum Gasteiger partial charge on any atom is -0.361 e. The fourth-order valence-electron chi connectivity index (χ4n) is 2.36. The molecular weight excluding hydrogens is 210 g/mol. The first-order chi connectivity index (χ1) is 7.91. The van der Waals surface area contributed by atoms with E-state index >= 15 is 0 Å². The van der Waals surface area contributed by atoms with Crippen LogP contribution in [0.2, 0.25) is 0 Å². The van der Waals surface area contributed by atoms with Crippen LogP contribution in [0.15, 0.2) is 12.1 Å². The Hall–Kier alpha value is -1.51. The molecule has 17 heavy (non-hydrogen) atoms. The Labute approximate surface area is 103 Å². The minimum atomic E-state index is 0.551. The number of nitrogens with zero attached hydrogens (tertiary/aromatic N) is 3. The van der Waals surface area contributed by atoms with Gasteiger partial charge in [0.15, 0.2) is 5.82 Å². The molecule has 0 amide bonds. The predicted octanol–water partition coefficient (Wildman–Crippen LogP) is 3.07. The van der Waals surface area contributed by atoms with Gasteiger partial charge in [0.05, 0.1) is 5.52 Å². The van der Waals surface area contributed by atoms with E-state index in [0.29, 0.717) is 5.92 Å². The summed E-state index contributed by atoms with van der Waals surface area (Å²) >= 11 is 0. The van der Waals surface area contributed by atoms with Gasteiger partial charge in [0, 0.05) is 26.5 Å². The van der Waals surface area contributed by atoms with Gasteiger partial charge in [-0.25, -0.2) is 0 Å². The molecule has 0 aliphatic rings. The highest BCUT2D eigenvalue weighted by Gasteiger charge is 2.13. The van der Waals surface area contributed by atoms with Crippen LogP contribution < -0.4 is 4.90 Å². The van der Waals surface area contributed by atoms with E-state index in [2.05, 4.69) is 42.9 Å². The third-order valence-corrected chi connectivity index (χ3v) is 3.26. The summed E-state index contributed by atoms with van der Waals surface area (Å²) in [6.07, 6.45) is 0. The SMILES string of the molecule is Cc1cc2c(cc1C(C)C)c(N(C)C)nn2C. The zero-order valence-corrected chi connectivity index (χ0v) is 11.6. The highest BCUT2D eigenvalue weighted by atomic mass is 15.3. The highest BCUT2D eigenvalue weighted by Crippen LogP contribution is 2.30. The van der Waals surface area contributed by atoms with Gasteiger partial charge in [-0.05, 0) is 36.1 Å². The van der Waals surface area contributed by atoms with E-state index in [-0.39, 0.29) is 0 Å². The minimum absolute atomic E-state index is 0.551. The van der Waals surface area contributed by atoms with Crippen molar-refractivity contribution in [2.24, 2.45) is 7.05 Å². The van der Waals surface area contributed by atoms with Crippen molar-refractivity contribution in [1.29, 1.82) is 0 Å². The van der Waals surface area contributed by atoms with Crippen molar-refractivity contribution >= 4 is 16.7 Å². The molecule has 92 valence electrons. The van der Waals surface area contributed by atoms with E-state index in [9.17, 15) is 0 Å². The molecule has 0 aliphatic heterocycles. The van der Waals surface area contributed by atoms with Crippen molar-refractivity contribution in [2.45, 2.75) is 26.7 Å². The van der Waals surface area contributed by atoms with E-state index in [0.717, 1.165) is 5.82 Å². The van der Waals surface area contributed by atoms with Crippen molar-refractivity contribution in [1.82, 2.24) is 9.78 Å². The van der Waals surface area contributed by atoms with Crippen molar-refractivity contribution in [2.75, 3.05) is 19.0 Å². The fraction of sp³-hybridized carbons (Fsp3) is 0.500. The number of benzene rings is 1. The zero-order chi connectivity index (χ0) is 12.7. The Morgan fingerprint density at radius 2 is 1.88 bits per heavy atom. The molecular formula is C14H21N3. The summed E-state index contributed by atoms with van der Waals surface area (Å²) < 4.78 is 1.96. The second kappa shape index (κ2) is 4.06. The maximum atomic E-state index is 4.57. The van der Waals surface area contributed by atoms with Crippen LogP contribution in [0.5, 0.6) is 0 Å². The summed E-state index contributed by atoms with van der Waals surface area (Å²) in [4.78, 5) is 2.07. The summed E-state index contributed by atoms with van der Waals surface area (Å²) in [6.45, 7) is 6.65. The first-order valence-electron chi connectivity index (χ1n) is 6.06. The zero-order valence-electron chi connectivity index (χ0n) is 11.6. The van der Waals surface area contributed by atoms with Gasteiger partial charge in [0.25, 0.3) is 0 Å². The van der Waals surface area contributed by atoms with Gasteiger partial charge in [-0.3, -0.25) is 4.68 Å². The standard InChI is InChI=1S/C14H21N3/c1-9(2)11-8-12-13(7-10(11)3)17(6)15-14(12)16(4)5/h7-9H,1-6H3. The van der Waals surface area contributed by atoms with Gasteiger partial charge in [-0.1, -0.05) is 13.8 Å². The van der Waals surface area contributed by atoms with Crippen LogP contribution in [-0.2, 0) is 7.05 Å². The summed E-state index contributed by atoms with van der Waals surface area (Å²) in [5.74, 6) is 1.60. The van der Waals surface area contributed by atoms with Gasteiger partial charge >= 0.3 is 0 Å². The van der Waals surface area contributed by atoms with Crippen LogP contribution in [0.3, 0.4) is 0 Å². The van der Waals surface area contributed by atoms with E-state index in [4.69, 9.17) is 0 Å². The van der Waals surface area contributed by atoms with Crippen LogP contribution in [0.25, 0.3) is 10.9 Å². The molecule has 0 aliphatic carbocycles. The molecule has 2 rings (SSSR count). The van der Waals surface area contributed by atoms with Crippen molar-refractivity contribution < 1.29 is 0 Å². The lowest BCUT2D eigenvalue weighted by Gasteiger charge is -2.12. The molecule has 1 aromatic carbocycles. The number of aromatic nitrogens is 2. The maximum Gasteiger partial charge on any atom is 0.158 e. The average molecular weight is 231 g/mol. The van der Waals surface area contributed by atoms with Crippen LogP contribution in [0, 0.1) is 6.92 Å². The molecule has 0 atom stereocenters. The van der Waals surface area contributed by atoms with E-state index in [1.807, 2.05) is 25.8 Å². The largest absolute Gasteiger partial charge is 0.361 e. The maximum absolute atomic E-state index is 4.57. The second-order valence-electron chi connectivity index (χ2n) is 5.22. The van der Waals surface area contributed by atoms with Crippen molar-refractivity contribution in [3.8, 4) is 0 Å². The Balaban J connectivity index is 2.77. The molecule has 0 N–H and O–H groups in total. The van der Waals surface area contributed by atoms with E-state index in [1.54, 1.807) is 0 Å². The Bertz CT molecular complexity index is 550. The summed E-state index contributed by atoms with van der Waals surface area (Å²) in [5.41, 5.74) is 3.96. The number of anilines is 1. The first-order valence-corrected chi connectivity index (χ1v) is 6.06. The molecule has 0 spiro atoms. The molecule has 1 aromatic heterocycles. The summed E-state index contributed by atoms with van der Waals surface area (Å²) in [6, 6.07) is 4.53. The summed E-state index contributed by atoms with van der Waals surface area (Å²) in [5, 5.41) is 5.82. The van der Waals surface area contributed by atoms with E-state index < -0.39 is 0 Å². The molecule has 2 aromatic rings. The van der Waals surface area contributed by atoms with Crippen LogP contribution in [0.1, 0.15) is 30.9 Å². The molecule has 3 nitrogen and oxygen atoms in total. The Morgan fingerprint density at radius 1 is 1.24 bits per heavy atom. The number of aryl methyl sites for hydroxylation is 2. The van der Waals surface area contributed by atoms with Gasteiger partial charge in [0.1, 0.15) is 0 Å². The molecule has 3 heteroatoms. The third-order valence-electron chi connectivity index (χ3n) is 3.26. The number of hydrogen-bond donors (Lipinski definition) is 0. The molecule has 0 saturated carbocycles. The van der Waals surface area contributed by atoms with Crippen LogP contribution in [-0.4, -0.2) is 23.9 Å². The molecule has 0 fully saturated rings. The lowest BCUT2D eigenvalue weighted by molar-refractivity contribution is 0.788. The molecule has 0 radical (unpaired) electrons. The van der Waals surface area contributed by atoms with Crippen molar-refractivity contribution in [3.63, 3.8) is 0 Å². The molecule has 0 unspecified atom stereocenters. The first kappa shape index (κ1) is 12.0. The monoisotopic (exact) mass is 231 g/mol. The van der Waals surface area contributed by atoms with Gasteiger partial charge in [-0.2, -0.15) is 5.10 Å². The highest BCUT2D eigenvalue weighted by molar-refractivity contribution is 5.91.